The summed E-state index contributed by atoms with van der Waals surface area (Å²) in [5.74, 6) is 0. The van der Waals surface area contributed by atoms with Gasteiger partial charge in [-0.1, -0.05) is 13.8 Å². The minimum atomic E-state index is -3.35. The van der Waals surface area contributed by atoms with Gasteiger partial charge in [0.05, 0.1) is 0 Å². The number of nitrogens with one attached hydrogen (secondary N) is 1. The highest BCUT2D eigenvalue weighted by Gasteiger charge is 2.40. The van der Waals surface area contributed by atoms with Gasteiger partial charge in [-0.2, -0.15) is 17.4 Å². The maximum atomic E-state index is 11.9. The van der Waals surface area contributed by atoms with Crippen LogP contribution < -0.4 is 10.5 Å². The van der Waals surface area contributed by atoms with E-state index in [2.05, 4.69) is 4.72 Å². The number of rotatable bonds is 6. The van der Waals surface area contributed by atoms with Crippen LogP contribution in [0.25, 0.3) is 0 Å². The molecule has 0 saturated heterocycles. The SMILES string of the molecule is CCN(CC)S(=O)(=O)NC1(CN)CCC1. The first-order valence-corrected chi connectivity index (χ1v) is 6.93. The molecule has 0 aromatic rings. The largest absolute Gasteiger partial charge is 0.329 e. The lowest BCUT2D eigenvalue weighted by Gasteiger charge is -2.42. The van der Waals surface area contributed by atoms with Crippen LogP contribution in [0.3, 0.4) is 0 Å². The van der Waals surface area contributed by atoms with Crippen LogP contribution in [0.2, 0.25) is 0 Å². The summed E-state index contributed by atoms with van der Waals surface area (Å²) in [6.07, 6.45) is 2.76. The highest BCUT2D eigenvalue weighted by Crippen LogP contribution is 2.31. The Morgan fingerprint density at radius 2 is 1.87 bits per heavy atom. The molecule has 6 heteroatoms. The van der Waals surface area contributed by atoms with Crippen molar-refractivity contribution in [3.63, 3.8) is 0 Å². The van der Waals surface area contributed by atoms with E-state index in [1.165, 1.54) is 4.31 Å². The first kappa shape index (κ1) is 12.9. The van der Waals surface area contributed by atoms with E-state index in [4.69, 9.17) is 5.73 Å². The molecule has 1 rings (SSSR count). The van der Waals surface area contributed by atoms with Crippen LogP contribution in [0.4, 0.5) is 0 Å². The van der Waals surface area contributed by atoms with Gasteiger partial charge in [0.25, 0.3) is 10.2 Å². The Labute approximate surface area is 92.2 Å². The molecule has 1 aliphatic rings. The van der Waals surface area contributed by atoms with Crippen molar-refractivity contribution in [2.45, 2.75) is 38.6 Å². The van der Waals surface area contributed by atoms with Gasteiger partial charge in [-0.05, 0) is 19.3 Å². The van der Waals surface area contributed by atoms with Crippen molar-refractivity contribution in [2.24, 2.45) is 5.73 Å². The van der Waals surface area contributed by atoms with Gasteiger partial charge in [0.2, 0.25) is 0 Å². The molecule has 0 unspecified atom stereocenters. The van der Waals surface area contributed by atoms with Crippen LogP contribution in [-0.4, -0.2) is 37.9 Å². The van der Waals surface area contributed by atoms with E-state index >= 15 is 0 Å². The summed E-state index contributed by atoms with van der Waals surface area (Å²) in [6, 6.07) is 0. The van der Waals surface area contributed by atoms with Crippen molar-refractivity contribution in [3.05, 3.63) is 0 Å². The zero-order chi connectivity index (χ0) is 11.5. The molecule has 1 saturated carbocycles. The fraction of sp³-hybridized carbons (Fsp3) is 1.00. The van der Waals surface area contributed by atoms with E-state index in [-0.39, 0.29) is 5.54 Å². The molecule has 3 N–H and O–H groups in total. The van der Waals surface area contributed by atoms with Crippen LogP contribution in [0.5, 0.6) is 0 Å². The molecule has 0 spiro atoms. The standard InChI is InChI=1S/C9H21N3O2S/c1-3-12(4-2)15(13,14)11-9(8-10)6-5-7-9/h11H,3-8,10H2,1-2H3. The van der Waals surface area contributed by atoms with Gasteiger partial charge < -0.3 is 5.73 Å². The highest BCUT2D eigenvalue weighted by atomic mass is 32.2. The van der Waals surface area contributed by atoms with Crippen molar-refractivity contribution >= 4 is 10.2 Å². The Balaban J connectivity index is 2.70. The first-order chi connectivity index (χ1) is 6.99. The molecular formula is C9H21N3O2S. The second kappa shape index (κ2) is 4.78. The molecular weight excluding hydrogens is 214 g/mol. The molecule has 0 aromatic carbocycles. The van der Waals surface area contributed by atoms with Gasteiger partial charge in [-0.3, -0.25) is 0 Å². The zero-order valence-corrected chi connectivity index (χ0v) is 10.3. The van der Waals surface area contributed by atoms with Crippen LogP contribution >= 0.6 is 0 Å². The van der Waals surface area contributed by atoms with Crippen molar-refractivity contribution in [1.82, 2.24) is 9.03 Å². The molecule has 1 aliphatic carbocycles. The maximum Gasteiger partial charge on any atom is 0.279 e. The average molecular weight is 235 g/mol. The summed E-state index contributed by atoms with van der Waals surface area (Å²) in [7, 11) is -3.35. The number of nitrogens with two attached hydrogens (primary N) is 1. The molecule has 0 radical (unpaired) electrons. The zero-order valence-electron chi connectivity index (χ0n) is 9.49. The predicted octanol–water partition coefficient (Wildman–Crippen LogP) is 0.0440. The highest BCUT2D eigenvalue weighted by molar-refractivity contribution is 7.87. The van der Waals surface area contributed by atoms with Gasteiger partial charge in [0, 0.05) is 25.2 Å². The van der Waals surface area contributed by atoms with E-state index in [0.717, 1.165) is 19.3 Å². The monoisotopic (exact) mass is 235 g/mol. The molecule has 0 heterocycles. The molecule has 0 amide bonds. The second-order valence-corrected chi connectivity index (χ2v) is 5.70. The molecule has 0 aromatic heterocycles. The third-order valence-electron chi connectivity index (χ3n) is 3.09. The van der Waals surface area contributed by atoms with Crippen molar-refractivity contribution in [1.29, 1.82) is 0 Å². The summed E-state index contributed by atoms with van der Waals surface area (Å²) in [6.45, 7) is 5.03. The van der Waals surface area contributed by atoms with Gasteiger partial charge in [-0.25, -0.2) is 0 Å². The summed E-state index contributed by atoms with van der Waals surface area (Å²) >= 11 is 0. The Kier molecular flexibility index (Phi) is 4.11. The van der Waals surface area contributed by atoms with E-state index in [1.54, 1.807) is 0 Å². The molecule has 1 fully saturated rings. The van der Waals surface area contributed by atoms with E-state index in [1.807, 2.05) is 13.8 Å². The third kappa shape index (κ3) is 2.69. The minimum absolute atomic E-state index is 0.374. The summed E-state index contributed by atoms with van der Waals surface area (Å²) in [5.41, 5.74) is 5.24. The normalized spacial score (nSPS) is 20.3. The summed E-state index contributed by atoms with van der Waals surface area (Å²) < 4.78 is 28.0. The fourth-order valence-corrected chi connectivity index (χ4v) is 3.50. The Bertz CT molecular complexity index is 289. The number of nitrogens with zero attached hydrogens (tertiary/aromatic N) is 1. The smallest absolute Gasteiger partial charge is 0.279 e. The van der Waals surface area contributed by atoms with E-state index in [0.29, 0.717) is 19.6 Å². The summed E-state index contributed by atoms with van der Waals surface area (Å²) in [5, 5.41) is 0. The van der Waals surface area contributed by atoms with Crippen molar-refractivity contribution < 1.29 is 8.42 Å². The van der Waals surface area contributed by atoms with E-state index < -0.39 is 10.2 Å². The van der Waals surface area contributed by atoms with Crippen LogP contribution in [0.15, 0.2) is 0 Å². The van der Waals surface area contributed by atoms with Gasteiger partial charge in [-0.15, -0.1) is 0 Å². The van der Waals surface area contributed by atoms with Crippen LogP contribution in [0, 0.1) is 0 Å². The van der Waals surface area contributed by atoms with E-state index in [9.17, 15) is 8.42 Å². The molecule has 0 aliphatic heterocycles. The molecule has 5 nitrogen and oxygen atoms in total. The number of hydrogen-bond acceptors (Lipinski definition) is 3. The summed E-state index contributed by atoms with van der Waals surface area (Å²) in [4.78, 5) is 0. The Morgan fingerprint density at radius 3 is 2.13 bits per heavy atom. The predicted molar refractivity (Wildman–Crippen MR) is 60.6 cm³/mol. The lowest BCUT2D eigenvalue weighted by atomic mass is 9.78. The Hall–Kier alpha value is -0.170. The minimum Gasteiger partial charge on any atom is -0.329 e. The topological polar surface area (TPSA) is 75.4 Å². The maximum absolute atomic E-state index is 11.9. The first-order valence-electron chi connectivity index (χ1n) is 5.49. The molecule has 15 heavy (non-hydrogen) atoms. The molecule has 0 bridgehead atoms. The van der Waals surface area contributed by atoms with Gasteiger partial charge >= 0.3 is 0 Å². The average Bonchev–Trinajstić information content (AvgIpc) is 2.13. The fourth-order valence-electron chi connectivity index (χ4n) is 1.85. The molecule has 90 valence electrons. The van der Waals surface area contributed by atoms with Gasteiger partial charge in [0.15, 0.2) is 0 Å². The molecule has 0 atom stereocenters. The second-order valence-electron chi connectivity index (χ2n) is 4.03. The van der Waals surface area contributed by atoms with Crippen LogP contribution in [-0.2, 0) is 10.2 Å². The lowest BCUT2D eigenvalue weighted by molar-refractivity contribution is 0.225. The lowest BCUT2D eigenvalue weighted by Crippen LogP contribution is -2.60. The van der Waals surface area contributed by atoms with Crippen LogP contribution in [0.1, 0.15) is 33.1 Å². The quantitative estimate of drug-likeness (QED) is 0.683. The van der Waals surface area contributed by atoms with Crippen molar-refractivity contribution in [2.75, 3.05) is 19.6 Å². The third-order valence-corrected chi connectivity index (χ3v) is 4.98. The number of hydrogen-bond donors (Lipinski definition) is 2. The Morgan fingerprint density at radius 1 is 1.33 bits per heavy atom. The van der Waals surface area contributed by atoms with Crippen molar-refractivity contribution in [3.8, 4) is 0 Å². The van der Waals surface area contributed by atoms with Gasteiger partial charge in [0.1, 0.15) is 0 Å².